The highest BCUT2D eigenvalue weighted by Crippen LogP contribution is 2.41. The Bertz CT molecular complexity index is 1460. The number of thiazole rings is 1. The van der Waals surface area contributed by atoms with Gasteiger partial charge < -0.3 is 14.2 Å². The van der Waals surface area contributed by atoms with Crippen molar-refractivity contribution in [1.82, 2.24) is 4.57 Å². The Balaban J connectivity index is 1.74. The van der Waals surface area contributed by atoms with Crippen LogP contribution in [-0.4, -0.2) is 31.4 Å². The molecule has 0 fully saturated rings. The van der Waals surface area contributed by atoms with Crippen LogP contribution in [0, 0.1) is 6.92 Å². The first-order valence-electron chi connectivity index (χ1n) is 11.9. The van der Waals surface area contributed by atoms with Crippen molar-refractivity contribution >= 4 is 33.6 Å². The third-order valence-electron chi connectivity index (χ3n) is 6.27. The van der Waals surface area contributed by atoms with Crippen LogP contribution < -0.4 is 14.3 Å². The molecular formula is C28H28N2O4S2. The maximum Gasteiger partial charge on any atom is 0.341 e. The summed E-state index contributed by atoms with van der Waals surface area (Å²) in [6.45, 7) is 4.28. The number of hydrogen-bond donors (Lipinski definition) is 0. The molecule has 8 heteroatoms. The van der Waals surface area contributed by atoms with E-state index in [4.69, 9.17) is 19.2 Å². The summed E-state index contributed by atoms with van der Waals surface area (Å²) in [7, 11) is 3.33. The standard InChI is InChI=1S/C28H28N2O4S2/c1-5-34-27(31)24-22-7-6-8-23(22)36-26(24)29-28-30(19-11-15-21(33-4)16-12-19)25(17(2)35-28)18-9-13-20(32-3)14-10-18/h9-16H,5-8H2,1-4H3. The summed E-state index contributed by atoms with van der Waals surface area (Å²) in [6, 6.07) is 16.0. The second-order valence-electron chi connectivity index (χ2n) is 8.42. The molecule has 0 saturated heterocycles. The number of ether oxygens (including phenoxy) is 3. The molecule has 0 saturated carbocycles. The molecule has 0 spiro atoms. The number of rotatable bonds is 7. The first-order chi connectivity index (χ1) is 17.5. The number of methoxy groups -OCH3 is 2. The number of carbonyl (C=O) groups excluding carboxylic acids is 1. The van der Waals surface area contributed by atoms with Crippen LogP contribution >= 0.6 is 22.7 Å². The number of benzene rings is 2. The second kappa shape index (κ2) is 10.3. The summed E-state index contributed by atoms with van der Waals surface area (Å²) in [6.07, 6.45) is 2.95. The highest BCUT2D eigenvalue weighted by atomic mass is 32.1. The third kappa shape index (κ3) is 4.47. The Morgan fingerprint density at radius 2 is 1.64 bits per heavy atom. The Hall–Kier alpha value is -3.36. The summed E-state index contributed by atoms with van der Waals surface area (Å²) in [5, 5.41) is 0.725. The molecule has 0 atom stereocenters. The lowest BCUT2D eigenvalue weighted by atomic mass is 10.1. The minimum Gasteiger partial charge on any atom is -0.497 e. The fourth-order valence-corrected chi connectivity index (χ4v) is 6.89. The van der Waals surface area contributed by atoms with E-state index in [1.807, 2.05) is 43.3 Å². The predicted octanol–water partition coefficient (Wildman–Crippen LogP) is 6.49. The van der Waals surface area contributed by atoms with E-state index in [0.717, 1.165) is 67.9 Å². The van der Waals surface area contributed by atoms with Crippen molar-refractivity contribution in [3.05, 3.63) is 74.2 Å². The van der Waals surface area contributed by atoms with Gasteiger partial charge in [0.1, 0.15) is 16.5 Å². The van der Waals surface area contributed by atoms with E-state index >= 15 is 0 Å². The van der Waals surface area contributed by atoms with Crippen molar-refractivity contribution < 1.29 is 19.0 Å². The molecule has 6 nitrogen and oxygen atoms in total. The van der Waals surface area contributed by atoms with Gasteiger partial charge in [-0.15, -0.1) is 22.7 Å². The monoisotopic (exact) mass is 520 g/mol. The molecule has 2 aromatic carbocycles. The molecule has 0 unspecified atom stereocenters. The molecule has 186 valence electrons. The maximum atomic E-state index is 13.0. The largest absolute Gasteiger partial charge is 0.497 e. The average Bonchev–Trinajstić information content (AvgIpc) is 3.57. The van der Waals surface area contributed by atoms with Crippen LogP contribution in [0.1, 0.15) is 39.0 Å². The molecule has 1 aliphatic carbocycles. The van der Waals surface area contributed by atoms with E-state index in [0.29, 0.717) is 12.2 Å². The third-order valence-corrected chi connectivity index (χ3v) is 8.41. The molecule has 0 aliphatic heterocycles. The molecule has 2 heterocycles. The topological polar surface area (TPSA) is 62.0 Å². The Labute approximate surface area is 218 Å². The van der Waals surface area contributed by atoms with Crippen molar-refractivity contribution in [1.29, 1.82) is 0 Å². The van der Waals surface area contributed by atoms with Crippen LogP contribution in [0.4, 0.5) is 5.00 Å². The molecule has 0 radical (unpaired) electrons. The van der Waals surface area contributed by atoms with Gasteiger partial charge in [-0.25, -0.2) is 9.79 Å². The first-order valence-corrected chi connectivity index (χ1v) is 13.5. The molecule has 0 bridgehead atoms. The van der Waals surface area contributed by atoms with E-state index in [9.17, 15) is 4.79 Å². The number of aromatic nitrogens is 1. The van der Waals surface area contributed by atoms with Gasteiger partial charge in [0.15, 0.2) is 4.80 Å². The van der Waals surface area contributed by atoms with Gasteiger partial charge in [0, 0.05) is 15.4 Å². The fraction of sp³-hybridized carbons (Fsp3) is 0.286. The average molecular weight is 521 g/mol. The van der Waals surface area contributed by atoms with Gasteiger partial charge >= 0.3 is 5.97 Å². The lowest BCUT2D eigenvalue weighted by Crippen LogP contribution is -2.14. The number of aryl methyl sites for hydroxylation is 2. The molecule has 4 aromatic rings. The van der Waals surface area contributed by atoms with E-state index in [1.165, 1.54) is 4.88 Å². The van der Waals surface area contributed by atoms with Crippen LogP contribution in [0.3, 0.4) is 0 Å². The lowest BCUT2D eigenvalue weighted by Gasteiger charge is -2.12. The summed E-state index contributed by atoms with van der Waals surface area (Å²) in [5.74, 6) is 1.31. The Kier molecular flexibility index (Phi) is 6.98. The number of nitrogens with zero attached hydrogens (tertiary/aromatic N) is 2. The van der Waals surface area contributed by atoms with Crippen LogP contribution in [0.2, 0.25) is 0 Å². The number of carbonyl (C=O) groups is 1. The van der Waals surface area contributed by atoms with Crippen LogP contribution in [0.15, 0.2) is 53.5 Å². The summed E-state index contributed by atoms with van der Waals surface area (Å²) in [5.41, 5.74) is 4.81. The zero-order chi connectivity index (χ0) is 25.2. The zero-order valence-corrected chi connectivity index (χ0v) is 22.4. The highest BCUT2D eigenvalue weighted by molar-refractivity contribution is 7.16. The normalized spacial score (nSPS) is 13.1. The van der Waals surface area contributed by atoms with Gasteiger partial charge in [0.25, 0.3) is 0 Å². The zero-order valence-electron chi connectivity index (χ0n) is 20.8. The molecule has 2 aromatic heterocycles. The Morgan fingerprint density at radius 3 is 2.28 bits per heavy atom. The SMILES string of the molecule is CCOC(=O)c1c(N=c2sc(C)c(-c3ccc(OC)cc3)n2-c2ccc(OC)cc2)sc2c1CCC2. The van der Waals surface area contributed by atoms with Crippen molar-refractivity contribution in [3.8, 4) is 28.4 Å². The highest BCUT2D eigenvalue weighted by Gasteiger charge is 2.28. The maximum absolute atomic E-state index is 13.0. The van der Waals surface area contributed by atoms with Gasteiger partial charge in [-0.1, -0.05) is 0 Å². The van der Waals surface area contributed by atoms with E-state index < -0.39 is 0 Å². The minimum atomic E-state index is -0.282. The number of fused-ring (bicyclic) bond motifs is 1. The quantitative estimate of drug-likeness (QED) is 0.261. The smallest absolute Gasteiger partial charge is 0.341 e. The van der Waals surface area contributed by atoms with Crippen molar-refractivity contribution in [2.45, 2.75) is 33.1 Å². The Morgan fingerprint density at radius 1 is 0.972 bits per heavy atom. The molecule has 1 aliphatic rings. The molecule has 0 N–H and O–H groups in total. The van der Waals surface area contributed by atoms with Crippen LogP contribution in [0.5, 0.6) is 11.5 Å². The number of esters is 1. The van der Waals surface area contributed by atoms with Crippen molar-refractivity contribution in [2.75, 3.05) is 20.8 Å². The number of hydrogen-bond acceptors (Lipinski definition) is 7. The van der Waals surface area contributed by atoms with Crippen molar-refractivity contribution in [2.24, 2.45) is 4.99 Å². The van der Waals surface area contributed by atoms with Crippen LogP contribution in [-0.2, 0) is 17.6 Å². The summed E-state index contributed by atoms with van der Waals surface area (Å²) < 4.78 is 18.3. The van der Waals surface area contributed by atoms with Gasteiger partial charge in [-0.3, -0.25) is 4.57 Å². The van der Waals surface area contributed by atoms with E-state index in [1.54, 1.807) is 36.9 Å². The van der Waals surface area contributed by atoms with Gasteiger partial charge in [0.05, 0.1) is 32.1 Å². The lowest BCUT2D eigenvalue weighted by molar-refractivity contribution is 0.0526. The van der Waals surface area contributed by atoms with Gasteiger partial charge in [-0.05, 0) is 92.8 Å². The molecule has 5 rings (SSSR count). The number of thiophene rings is 1. The second-order valence-corrected chi connectivity index (χ2v) is 10.7. The summed E-state index contributed by atoms with van der Waals surface area (Å²) >= 11 is 3.22. The fourth-order valence-electron chi connectivity index (χ4n) is 4.58. The minimum absolute atomic E-state index is 0.282. The molecule has 36 heavy (non-hydrogen) atoms. The predicted molar refractivity (Wildman–Crippen MR) is 144 cm³/mol. The summed E-state index contributed by atoms with van der Waals surface area (Å²) in [4.78, 5) is 21.2. The first kappa shape index (κ1) is 24.3. The molecule has 0 amide bonds. The molecular weight excluding hydrogens is 492 g/mol. The van der Waals surface area contributed by atoms with Gasteiger partial charge in [-0.2, -0.15) is 0 Å². The van der Waals surface area contributed by atoms with Crippen molar-refractivity contribution in [3.63, 3.8) is 0 Å². The van der Waals surface area contributed by atoms with Crippen LogP contribution in [0.25, 0.3) is 16.9 Å². The van der Waals surface area contributed by atoms with Gasteiger partial charge in [0.2, 0.25) is 0 Å². The van der Waals surface area contributed by atoms with E-state index in [2.05, 4.69) is 23.6 Å². The van der Waals surface area contributed by atoms with E-state index in [-0.39, 0.29) is 5.97 Å².